The molecule has 1 saturated heterocycles. The third-order valence-electron chi connectivity index (χ3n) is 3.65. The maximum Gasteiger partial charge on any atom is 0.209 e. The van der Waals surface area contributed by atoms with E-state index in [1.165, 1.54) is 6.26 Å². The van der Waals surface area contributed by atoms with Crippen LogP contribution in [0.3, 0.4) is 0 Å². The van der Waals surface area contributed by atoms with Crippen LogP contribution in [-0.4, -0.2) is 38.8 Å². The Morgan fingerprint density at radius 1 is 1.48 bits per heavy atom. The third kappa shape index (κ3) is 3.19. The van der Waals surface area contributed by atoms with Crippen LogP contribution >= 0.6 is 0 Å². The molecule has 0 radical (unpaired) electrons. The van der Waals surface area contributed by atoms with E-state index in [0.29, 0.717) is 6.54 Å². The molecular formula is C14H19N3O3S. The zero-order valence-electron chi connectivity index (χ0n) is 12.2. The normalized spacial score (nSPS) is 20.1. The number of furan rings is 1. The molecule has 0 saturated carbocycles. The summed E-state index contributed by atoms with van der Waals surface area (Å²) in [6.07, 6.45) is 4.71. The molecule has 6 nitrogen and oxygen atoms in total. The molecule has 0 spiro atoms. The first-order valence-electron chi connectivity index (χ1n) is 7.00. The summed E-state index contributed by atoms with van der Waals surface area (Å²) in [6, 6.07) is 3.76. The van der Waals surface area contributed by atoms with Crippen LogP contribution in [0, 0.1) is 6.92 Å². The number of hydrogen-bond acceptors (Lipinski definition) is 5. The molecule has 0 bridgehead atoms. The summed E-state index contributed by atoms with van der Waals surface area (Å²) < 4.78 is 31.1. The van der Waals surface area contributed by atoms with Crippen molar-refractivity contribution in [3.8, 4) is 0 Å². The Bertz CT molecular complexity index is 754. The monoisotopic (exact) mass is 309 g/mol. The van der Waals surface area contributed by atoms with Crippen molar-refractivity contribution in [2.24, 2.45) is 0 Å². The Hall–Kier alpha value is -1.60. The molecule has 0 amide bonds. The van der Waals surface area contributed by atoms with Gasteiger partial charge in [-0.15, -0.1) is 0 Å². The number of pyridine rings is 1. The Kier molecular flexibility index (Phi) is 3.62. The molecule has 2 aromatic heterocycles. The highest BCUT2D eigenvalue weighted by molar-refractivity contribution is 7.88. The van der Waals surface area contributed by atoms with Gasteiger partial charge < -0.3 is 9.32 Å². The molecule has 7 heteroatoms. The van der Waals surface area contributed by atoms with E-state index < -0.39 is 10.0 Å². The SMILES string of the molecule is Cc1cc2c(N3CCCC(NS(C)(=O)=O)C3)nccc2o1. The molecule has 1 aliphatic rings. The standard InChI is InChI=1S/C14H19N3O3S/c1-10-8-12-13(20-10)5-6-15-14(12)17-7-3-4-11(9-17)16-21(2,18)19/h5-6,8,11,16H,3-4,7,9H2,1-2H3. The third-order valence-corrected chi connectivity index (χ3v) is 4.41. The van der Waals surface area contributed by atoms with Gasteiger partial charge in [0.2, 0.25) is 10.0 Å². The minimum atomic E-state index is -3.18. The molecule has 1 unspecified atom stereocenters. The van der Waals surface area contributed by atoms with E-state index in [2.05, 4.69) is 14.6 Å². The molecule has 0 aromatic carbocycles. The number of sulfonamides is 1. The topological polar surface area (TPSA) is 75.4 Å². The summed E-state index contributed by atoms with van der Waals surface area (Å²) in [5.41, 5.74) is 0.815. The van der Waals surface area contributed by atoms with Crippen molar-refractivity contribution in [3.05, 3.63) is 24.1 Å². The van der Waals surface area contributed by atoms with E-state index in [1.54, 1.807) is 6.20 Å². The average Bonchev–Trinajstić information content (AvgIpc) is 2.76. The second kappa shape index (κ2) is 5.31. The number of aromatic nitrogens is 1. The van der Waals surface area contributed by atoms with Gasteiger partial charge in [0.1, 0.15) is 17.2 Å². The minimum absolute atomic E-state index is 0.0706. The number of rotatable bonds is 3. The first kappa shape index (κ1) is 14.3. The molecule has 1 fully saturated rings. The van der Waals surface area contributed by atoms with Crippen LogP contribution in [0.25, 0.3) is 11.0 Å². The van der Waals surface area contributed by atoms with E-state index >= 15 is 0 Å². The molecule has 1 aliphatic heterocycles. The van der Waals surface area contributed by atoms with Gasteiger partial charge in [-0.25, -0.2) is 18.1 Å². The van der Waals surface area contributed by atoms with Crippen molar-refractivity contribution in [3.63, 3.8) is 0 Å². The number of piperidine rings is 1. The molecule has 21 heavy (non-hydrogen) atoms. The van der Waals surface area contributed by atoms with Gasteiger partial charge in [-0.3, -0.25) is 0 Å². The fourth-order valence-electron chi connectivity index (χ4n) is 2.90. The lowest BCUT2D eigenvalue weighted by Crippen LogP contribution is -2.47. The second-order valence-electron chi connectivity index (χ2n) is 5.58. The lowest BCUT2D eigenvalue weighted by Gasteiger charge is -2.33. The van der Waals surface area contributed by atoms with Crippen molar-refractivity contribution in [1.29, 1.82) is 0 Å². The quantitative estimate of drug-likeness (QED) is 0.933. The number of fused-ring (bicyclic) bond motifs is 1. The molecule has 114 valence electrons. The Labute approximate surface area is 124 Å². The molecular weight excluding hydrogens is 290 g/mol. The molecule has 2 aromatic rings. The van der Waals surface area contributed by atoms with Crippen molar-refractivity contribution in [2.45, 2.75) is 25.8 Å². The van der Waals surface area contributed by atoms with Crippen molar-refractivity contribution < 1.29 is 12.8 Å². The first-order chi connectivity index (χ1) is 9.92. The molecule has 1 N–H and O–H groups in total. The van der Waals surface area contributed by atoms with Gasteiger partial charge in [0.25, 0.3) is 0 Å². The Balaban J connectivity index is 1.88. The van der Waals surface area contributed by atoms with Crippen LogP contribution in [0.4, 0.5) is 5.82 Å². The van der Waals surface area contributed by atoms with Gasteiger partial charge >= 0.3 is 0 Å². The van der Waals surface area contributed by atoms with E-state index in [1.807, 2.05) is 19.1 Å². The second-order valence-corrected chi connectivity index (χ2v) is 7.36. The zero-order chi connectivity index (χ0) is 15.0. The summed E-state index contributed by atoms with van der Waals surface area (Å²) in [5.74, 6) is 1.71. The van der Waals surface area contributed by atoms with Crippen molar-refractivity contribution in [2.75, 3.05) is 24.2 Å². The molecule has 0 aliphatic carbocycles. The van der Waals surface area contributed by atoms with Crippen molar-refractivity contribution in [1.82, 2.24) is 9.71 Å². The van der Waals surface area contributed by atoms with E-state index in [4.69, 9.17) is 4.42 Å². The zero-order valence-corrected chi connectivity index (χ0v) is 13.0. The van der Waals surface area contributed by atoms with Crippen LogP contribution in [-0.2, 0) is 10.0 Å². The van der Waals surface area contributed by atoms with Gasteiger partial charge in [0.15, 0.2) is 0 Å². The van der Waals surface area contributed by atoms with Crippen LogP contribution < -0.4 is 9.62 Å². The van der Waals surface area contributed by atoms with Crippen LogP contribution in [0.2, 0.25) is 0 Å². The summed E-state index contributed by atoms with van der Waals surface area (Å²) in [4.78, 5) is 6.59. The predicted molar refractivity (Wildman–Crippen MR) is 82.0 cm³/mol. The number of anilines is 1. The van der Waals surface area contributed by atoms with Gasteiger partial charge in [-0.2, -0.15) is 0 Å². The van der Waals surface area contributed by atoms with Gasteiger partial charge in [0, 0.05) is 25.3 Å². The lowest BCUT2D eigenvalue weighted by atomic mass is 10.1. The summed E-state index contributed by atoms with van der Waals surface area (Å²) >= 11 is 0. The number of hydrogen-bond donors (Lipinski definition) is 1. The van der Waals surface area contributed by atoms with Gasteiger partial charge in [-0.05, 0) is 31.9 Å². The highest BCUT2D eigenvalue weighted by atomic mass is 32.2. The van der Waals surface area contributed by atoms with E-state index in [9.17, 15) is 8.42 Å². The Morgan fingerprint density at radius 3 is 3.05 bits per heavy atom. The van der Waals surface area contributed by atoms with E-state index in [0.717, 1.165) is 41.9 Å². The summed E-state index contributed by atoms with van der Waals surface area (Å²) in [7, 11) is -3.18. The average molecular weight is 309 g/mol. The summed E-state index contributed by atoms with van der Waals surface area (Å²) in [5, 5.41) is 0.981. The van der Waals surface area contributed by atoms with Gasteiger partial charge in [0.05, 0.1) is 11.6 Å². The van der Waals surface area contributed by atoms with Crippen LogP contribution in [0.15, 0.2) is 22.7 Å². The minimum Gasteiger partial charge on any atom is -0.461 e. The molecule has 3 heterocycles. The summed E-state index contributed by atoms with van der Waals surface area (Å²) in [6.45, 7) is 3.41. The maximum absolute atomic E-state index is 11.4. The highest BCUT2D eigenvalue weighted by Crippen LogP contribution is 2.29. The molecule has 3 rings (SSSR count). The molecule has 1 atom stereocenters. The number of nitrogens with one attached hydrogen (secondary N) is 1. The van der Waals surface area contributed by atoms with Crippen molar-refractivity contribution >= 4 is 26.8 Å². The fraction of sp³-hybridized carbons (Fsp3) is 0.500. The Morgan fingerprint density at radius 2 is 2.29 bits per heavy atom. The smallest absolute Gasteiger partial charge is 0.209 e. The first-order valence-corrected chi connectivity index (χ1v) is 8.89. The van der Waals surface area contributed by atoms with Gasteiger partial charge in [-0.1, -0.05) is 0 Å². The largest absolute Gasteiger partial charge is 0.461 e. The number of nitrogens with zero attached hydrogens (tertiary/aromatic N) is 2. The van der Waals surface area contributed by atoms with Crippen LogP contribution in [0.5, 0.6) is 0 Å². The van der Waals surface area contributed by atoms with Crippen LogP contribution in [0.1, 0.15) is 18.6 Å². The predicted octanol–water partition coefficient (Wildman–Crippen LogP) is 1.65. The highest BCUT2D eigenvalue weighted by Gasteiger charge is 2.24. The van der Waals surface area contributed by atoms with E-state index in [-0.39, 0.29) is 6.04 Å². The lowest BCUT2D eigenvalue weighted by molar-refractivity contribution is 0.466. The maximum atomic E-state index is 11.4. The fourth-order valence-corrected chi connectivity index (χ4v) is 3.69. The number of aryl methyl sites for hydroxylation is 1.